The van der Waals surface area contributed by atoms with Crippen LogP contribution < -0.4 is 14.8 Å². The summed E-state index contributed by atoms with van der Waals surface area (Å²) in [5, 5.41) is 15.9. The normalized spacial score (nSPS) is 13.9. The first-order chi connectivity index (χ1) is 17.9. The average molecular weight is 581 g/mol. The van der Waals surface area contributed by atoms with Gasteiger partial charge in [0.15, 0.2) is 17.6 Å². The number of anilines is 1. The summed E-state index contributed by atoms with van der Waals surface area (Å²) in [5.41, 5.74) is 0.140. The van der Waals surface area contributed by atoms with Crippen LogP contribution in [-0.4, -0.2) is 51.5 Å². The molecule has 0 fully saturated rings. The largest absolute Gasteiger partial charge is 0.481 e. The van der Waals surface area contributed by atoms with Crippen molar-refractivity contribution >= 4 is 38.9 Å². The highest BCUT2D eigenvalue weighted by molar-refractivity contribution is 7.92. The van der Waals surface area contributed by atoms with Gasteiger partial charge in [-0.1, -0.05) is 59.6 Å². The molecule has 3 rings (SSSR count). The molecule has 1 unspecified atom stereocenters. The van der Waals surface area contributed by atoms with Crippen molar-refractivity contribution in [2.45, 2.75) is 97.6 Å². The first-order valence-corrected chi connectivity index (χ1v) is 15.2. The first kappa shape index (κ1) is 30.7. The Kier molecular flexibility index (Phi) is 8.67. The Balaban J connectivity index is 1.72. The third-order valence-electron chi connectivity index (χ3n) is 7.14. The van der Waals surface area contributed by atoms with Crippen LogP contribution in [0.15, 0.2) is 24.3 Å². The van der Waals surface area contributed by atoms with Gasteiger partial charge in [0.1, 0.15) is 10.8 Å². The quantitative estimate of drug-likeness (QED) is 0.286. The number of sulfonamides is 1. The fourth-order valence-corrected chi connectivity index (χ4v) is 5.66. The number of carbonyl (C=O) groups excluding carboxylic acids is 1. The first-order valence-electron chi connectivity index (χ1n) is 13.1. The summed E-state index contributed by atoms with van der Waals surface area (Å²) in [6.45, 7) is 17.6. The molecule has 0 bridgehead atoms. The van der Waals surface area contributed by atoms with E-state index in [-0.39, 0.29) is 17.1 Å². The highest BCUT2D eigenvalue weighted by atomic mass is 35.5. The number of nitrogens with zero attached hydrogens (tertiary/aromatic N) is 3. The minimum Gasteiger partial charge on any atom is -0.481 e. The SMILES string of the molecule is CCCCS(=O)(=O)Nc1ccc(OC(C)C(=O)NC(C)(C)C(C)(C)c2n[nH]c3c(Cl)c(C(C)(C)C)nn23)cc1. The molecule has 0 aliphatic rings. The Morgan fingerprint density at radius 1 is 1.13 bits per heavy atom. The van der Waals surface area contributed by atoms with Crippen molar-refractivity contribution < 1.29 is 17.9 Å². The molecule has 0 aliphatic heterocycles. The Hall–Kier alpha value is -2.79. The molecule has 3 N–H and O–H groups in total. The number of H-pyrrole nitrogens is 1. The van der Waals surface area contributed by atoms with Gasteiger partial charge in [-0.25, -0.2) is 8.42 Å². The van der Waals surface area contributed by atoms with Crippen molar-refractivity contribution in [3.05, 3.63) is 40.8 Å². The number of benzene rings is 1. The zero-order chi connectivity index (χ0) is 29.4. The van der Waals surface area contributed by atoms with Crippen LogP contribution in [0.4, 0.5) is 5.69 Å². The van der Waals surface area contributed by atoms with Gasteiger partial charge in [-0.2, -0.15) is 14.7 Å². The minimum atomic E-state index is -3.40. The highest BCUT2D eigenvalue weighted by Gasteiger charge is 2.44. The lowest BCUT2D eigenvalue weighted by molar-refractivity contribution is -0.129. The summed E-state index contributed by atoms with van der Waals surface area (Å²) in [6.07, 6.45) is 0.580. The maximum atomic E-state index is 13.2. The lowest BCUT2D eigenvalue weighted by atomic mass is 9.73. The van der Waals surface area contributed by atoms with Gasteiger partial charge in [0.05, 0.1) is 11.4 Å². The fraction of sp³-hybridized carbons (Fsp3) is 0.593. The zero-order valence-corrected chi connectivity index (χ0v) is 25.8. The van der Waals surface area contributed by atoms with Gasteiger partial charge in [-0.3, -0.25) is 14.6 Å². The van der Waals surface area contributed by atoms with Crippen LogP contribution in [0.25, 0.3) is 5.65 Å². The van der Waals surface area contributed by atoms with E-state index in [0.29, 0.717) is 34.4 Å². The molecule has 0 spiro atoms. The van der Waals surface area contributed by atoms with Crippen molar-refractivity contribution in [1.29, 1.82) is 0 Å². The third kappa shape index (κ3) is 6.69. The smallest absolute Gasteiger partial charge is 0.261 e. The van der Waals surface area contributed by atoms with E-state index >= 15 is 0 Å². The minimum absolute atomic E-state index is 0.0695. The van der Waals surface area contributed by atoms with Crippen LogP contribution in [0.3, 0.4) is 0 Å². The van der Waals surface area contributed by atoms with Gasteiger partial charge >= 0.3 is 0 Å². The molecule has 0 aliphatic carbocycles. The number of hydrogen-bond donors (Lipinski definition) is 3. The second-order valence-corrected chi connectivity index (χ2v) is 14.2. The molecule has 3 aromatic rings. The summed E-state index contributed by atoms with van der Waals surface area (Å²) in [5.74, 6) is 0.838. The average Bonchev–Trinajstić information content (AvgIpc) is 3.39. The molecule has 0 saturated heterocycles. The number of halogens is 1. The number of ether oxygens (including phenoxy) is 1. The molecular weight excluding hydrogens is 540 g/mol. The Labute approximate surface area is 236 Å². The van der Waals surface area contributed by atoms with Crippen LogP contribution >= 0.6 is 11.6 Å². The van der Waals surface area contributed by atoms with E-state index < -0.39 is 27.1 Å². The van der Waals surface area contributed by atoms with Crippen LogP contribution in [0.5, 0.6) is 5.75 Å². The molecule has 2 aromatic heterocycles. The standard InChI is InChI=1S/C27H41ClN6O4S/c1-10-11-16-39(36,37)33-18-12-14-19(15-13-18)38-17(2)23(35)29-27(8,9)26(6,7)24-31-30-22-20(28)21(25(3,4)5)32-34(22)24/h12-15,17,30,33H,10-11,16H2,1-9H3,(H,29,35). The molecule has 10 nitrogen and oxygen atoms in total. The van der Waals surface area contributed by atoms with Crippen LogP contribution in [0, 0.1) is 0 Å². The van der Waals surface area contributed by atoms with Crippen LogP contribution in [0.2, 0.25) is 5.02 Å². The number of aromatic amines is 1. The number of carbonyl (C=O) groups is 1. The van der Waals surface area contributed by atoms with Gasteiger partial charge < -0.3 is 10.1 Å². The summed E-state index contributed by atoms with van der Waals surface area (Å²) >= 11 is 6.61. The molecule has 2 heterocycles. The predicted molar refractivity (Wildman–Crippen MR) is 155 cm³/mol. The Morgan fingerprint density at radius 2 is 1.74 bits per heavy atom. The maximum absolute atomic E-state index is 13.2. The predicted octanol–water partition coefficient (Wildman–Crippen LogP) is 5.19. The lowest BCUT2D eigenvalue weighted by Crippen LogP contribution is -2.58. The molecule has 39 heavy (non-hydrogen) atoms. The van der Waals surface area contributed by atoms with Crippen molar-refractivity contribution in [1.82, 2.24) is 25.1 Å². The fourth-order valence-electron chi connectivity index (χ4n) is 3.96. The molecule has 1 amide bonds. The van der Waals surface area contributed by atoms with E-state index in [1.54, 1.807) is 35.7 Å². The zero-order valence-electron chi connectivity index (χ0n) is 24.3. The molecule has 0 saturated carbocycles. The molecule has 1 aromatic carbocycles. The number of fused-ring (bicyclic) bond motifs is 1. The number of amides is 1. The molecule has 1 atom stereocenters. The maximum Gasteiger partial charge on any atom is 0.261 e. The number of unbranched alkanes of at least 4 members (excludes halogenated alkanes) is 1. The van der Waals surface area contributed by atoms with Crippen molar-refractivity contribution in [3.63, 3.8) is 0 Å². The summed E-state index contributed by atoms with van der Waals surface area (Å²) in [6, 6.07) is 6.48. The summed E-state index contributed by atoms with van der Waals surface area (Å²) < 4.78 is 34.4. The van der Waals surface area contributed by atoms with Crippen LogP contribution in [0.1, 0.15) is 86.7 Å². The molecule has 216 valence electrons. The number of aromatic nitrogens is 4. The van der Waals surface area contributed by atoms with Crippen molar-refractivity contribution in [2.24, 2.45) is 0 Å². The van der Waals surface area contributed by atoms with Crippen molar-refractivity contribution in [3.8, 4) is 5.75 Å². The topological polar surface area (TPSA) is 130 Å². The Morgan fingerprint density at radius 3 is 2.31 bits per heavy atom. The number of rotatable bonds is 11. The number of nitrogens with one attached hydrogen (secondary N) is 3. The number of hydrogen-bond acceptors (Lipinski definition) is 6. The lowest BCUT2D eigenvalue weighted by Gasteiger charge is -2.41. The van der Waals surface area contributed by atoms with Gasteiger partial charge in [-0.15, -0.1) is 0 Å². The molecule has 0 radical (unpaired) electrons. The van der Waals surface area contributed by atoms with E-state index in [4.69, 9.17) is 21.4 Å². The van der Waals surface area contributed by atoms with Gasteiger partial charge in [0, 0.05) is 22.1 Å². The second-order valence-electron chi connectivity index (χ2n) is 12.0. The second kappa shape index (κ2) is 11.0. The van der Waals surface area contributed by atoms with E-state index in [0.717, 1.165) is 12.1 Å². The summed E-state index contributed by atoms with van der Waals surface area (Å²) in [7, 11) is -3.40. The third-order valence-corrected chi connectivity index (χ3v) is 8.87. The molecular formula is C27H41ClN6O4S. The van der Waals surface area contributed by atoms with Gasteiger partial charge in [0.2, 0.25) is 10.0 Å². The highest BCUT2D eigenvalue weighted by Crippen LogP contribution is 2.37. The van der Waals surface area contributed by atoms with Crippen LogP contribution in [-0.2, 0) is 25.6 Å². The van der Waals surface area contributed by atoms with Crippen molar-refractivity contribution in [2.75, 3.05) is 10.5 Å². The summed E-state index contributed by atoms with van der Waals surface area (Å²) in [4.78, 5) is 13.2. The Bertz CT molecular complexity index is 1420. The molecule has 12 heteroatoms. The van der Waals surface area contributed by atoms with Gasteiger partial charge in [-0.05, 0) is 51.5 Å². The van der Waals surface area contributed by atoms with E-state index in [1.807, 2.05) is 55.4 Å². The van der Waals surface area contributed by atoms with E-state index in [9.17, 15) is 13.2 Å². The van der Waals surface area contributed by atoms with E-state index in [2.05, 4.69) is 20.2 Å². The van der Waals surface area contributed by atoms with Gasteiger partial charge in [0.25, 0.3) is 5.91 Å². The van der Waals surface area contributed by atoms with E-state index in [1.165, 1.54) is 0 Å². The monoisotopic (exact) mass is 580 g/mol.